The summed E-state index contributed by atoms with van der Waals surface area (Å²) >= 11 is 0. The topological polar surface area (TPSA) is 103 Å². The minimum Gasteiger partial charge on any atom is -0.494 e. The highest BCUT2D eigenvalue weighted by Gasteiger charge is 2.47. The third-order valence-corrected chi connectivity index (χ3v) is 9.83. The van der Waals surface area contributed by atoms with Gasteiger partial charge in [-0.15, -0.1) is 0 Å². The Morgan fingerprint density at radius 3 is 2.65 bits per heavy atom. The third-order valence-electron chi connectivity index (χ3n) is 9.83. The van der Waals surface area contributed by atoms with Gasteiger partial charge in [-0.2, -0.15) is 0 Å². The molecule has 0 spiro atoms. The molecule has 1 amide bonds. The first-order valence-corrected chi connectivity index (χ1v) is 15.4. The highest BCUT2D eigenvalue weighted by molar-refractivity contribution is 6.00. The zero-order valence-corrected chi connectivity index (χ0v) is 24.7. The van der Waals surface area contributed by atoms with Crippen molar-refractivity contribution >= 4 is 33.5 Å². The lowest BCUT2D eigenvalue weighted by Gasteiger charge is -2.27. The van der Waals surface area contributed by atoms with Gasteiger partial charge in [0.25, 0.3) is 5.91 Å². The van der Waals surface area contributed by atoms with Crippen LogP contribution in [0.4, 0.5) is 5.69 Å². The number of hydrogen-bond donors (Lipinski definition) is 2. The van der Waals surface area contributed by atoms with Crippen molar-refractivity contribution < 1.29 is 11.0 Å². The average Bonchev–Trinajstić information content (AvgIpc) is 3.44. The van der Waals surface area contributed by atoms with Crippen LogP contribution in [0.1, 0.15) is 43.0 Å². The summed E-state index contributed by atoms with van der Waals surface area (Å²) in [5.41, 5.74) is 13.2. The van der Waals surface area contributed by atoms with Gasteiger partial charge in [-0.3, -0.25) is 9.78 Å². The number of ether oxygens (including phenoxy) is 1. The second-order valence-corrected chi connectivity index (χ2v) is 12.5. The predicted octanol–water partition coefficient (Wildman–Crippen LogP) is 5.43. The number of fused-ring (bicyclic) bond motifs is 4. The molecule has 0 radical (unpaired) electrons. The number of piperidine rings is 1. The maximum absolute atomic E-state index is 13.7. The highest BCUT2D eigenvalue weighted by atomic mass is 16.5. The van der Waals surface area contributed by atoms with Crippen LogP contribution in [0.3, 0.4) is 0 Å². The molecule has 3 fully saturated rings. The van der Waals surface area contributed by atoms with Gasteiger partial charge < -0.3 is 29.8 Å². The van der Waals surface area contributed by atoms with E-state index >= 15 is 0 Å². The number of aryl methyl sites for hydroxylation is 1. The van der Waals surface area contributed by atoms with Gasteiger partial charge in [0.05, 0.1) is 23.8 Å². The predicted molar refractivity (Wildman–Crippen MR) is 170 cm³/mol. The molecular formula is C34H39N7O2. The van der Waals surface area contributed by atoms with E-state index in [1.54, 1.807) is 7.11 Å². The fraction of sp³-hybridized carbons (Fsp3) is 0.382. The molecular weight excluding hydrogens is 538 g/mol. The number of methoxy groups -OCH3 is 1. The fourth-order valence-corrected chi connectivity index (χ4v) is 7.28. The second-order valence-electron chi connectivity index (χ2n) is 12.5. The van der Waals surface area contributed by atoms with Crippen molar-refractivity contribution in [2.75, 3.05) is 19.0 Å². The quantitative estimate of drug-likeness (QED) is 0.255. The van der Waals surface area contributed by atoms with Gasteiger partial charge in [0.15, 0.2) is 5.82 Å². The summed E-state index contributed by atoms with van der Waals surface area (Å²) in [7, 11) is 3.70. The molecule has 2 aromatic carbocycles. The Labute approximate surface area is 252 Å². The molecule has 3 atom stereocenters. The number of likely N-dealkylation sites (tertiary alicyclic amines) is 1. The molecule has 3 N–H and O–H groups in total. The van der Waals surface area contributed by atoms with Crippen LogP contribution in [-0.2, 0) is 20.1 Å². The number of hydrogen-bond acceptors (Lipinski definition) is 6. The molecule has 222 valence electrons. The lowest BCUT2D eigenvalue weighted by molar-refractivity contribution is 0.0700. The fourth-order valence-electron chi connectivity index (χ4n) is 7.28. The lowest BCUT2D eigenvalue weighted by atomic mass is 10.1. The summed E-state index contributed by atoms with van der Waals surface area (Å²) in [4.78, 5) is 24.9. The van der Waals surface area contributed by atoms with Crippen molar-refractivity contribution in [3.8, 4) is 17.3 Å². The summed E-state index contributed by atoms with van der Waals surface area (Å²) < 4.78 is 10.4. The molecule has 5 aromatic rings. The molecule has 2 aliphatic carbocycles. The molecule has 8 rings (SSSR count). The molecule has 9 nitrogen and oxygen atoms in total. The van der Waals surface area contributed by atoms with Crippen LogP contribution in [-0.4, -0.2) is 55.6 Å². The SMILES string of the molecule is COc1cc(C(=O)N2CC3CCC2[C@@H]3N)cc2nc(-c3cc4ccc(NCc5ccncc5)cc4n3CC3CC3)n(C)c12.[HH]. The third kappa shape index (κ3) is 4.45. The number of anilines is 1. The van der Waals surface area contributed by atoms with E-state index < -0.39 is 0 Å². The molecule has 3 aromatic heterocycles. The van der Waals surface area contributed by atoms with E-state index in [1.807, 2.05) is 48.6 Å². The Bertz CT molecular complexity index is 1860. The number of nitrogens with zero attached hydrogens (tertiary/aromatic N) is 5. The summed E-state index contributed by atoms with van der Waals surface area (Å²) in [5.74, 6) is 2.62. The Kier molecular flexibility index (Phi) is 6.18. The van der Waals surface area contributed by atoms with Gasteiger partial charge in [0.1, 0.15) is 11.3 Å². The molecule has 2 saturated carbocycles. The van der Waals surface area contributed by atoms with Crippen LogP contribution in [0, 0.1) is 11.8 Å². The molecule has 2 bridgehead atoms. The van der Waals surface area contributed by atoms with Crippen molar-refractivity contribution in [3.63, 3.8) is 0 Å². The van der Waals surface area contributed by atoms with E-state index in [0.29, 0.717) is 23.1 Å². The van der Waals surface area contributed by atoms with Crippen LogP contribution < -0.4 is 15.8 Å². The van der Waals surface area contributed by atoms with E-state index in [-0.39, 0.29) is 19.4 Å². The van der Waals surface area contributed by atoms with Crippen molar-refractivity contribution in [1.82, 2.24) is 24.0 Å². The number of benzene rings is 2. The van der Waals surface area contributed by atoms with Crippen molar-refractivity contribution in [3.05, 3.63) is 72.1 Å². The van der Waals surface area contributed by atoms with Crippen LogP contribution in [0.15, 0.2) is 60.9 Å². The molecule has 9 heteroatoms. The highest BCUT2D eigenvalue weighted by Crippen LogP contribution is 2.40. The van der Waals surface area contributed by atoms with E-state index in [2.05, 4.69) is 43.7 Å². The van der Waals surface area contributed by atoms with Gasteiger partial charge in [-0.25, -0.2) is 4.98 Å². The largest absolute Gasteiger partial charge is 0.494 e. The first-order valence-electron chi connectivity index (χ1n) is 15.4. The van der Waals surface area contributed by atoms with Gasteiger partial charge in [0.2, 0.25) is 0 Å². The first-order chi connectivity index (χ1) is 21.0. The Hall–Kier alpha value is -4.37. The van der Waals surface area contributed by atoms with E-state index in [4.69, 9.17) is 15.5 Å². The Balaban J connectivity index is 0.00000312. The number of nitrogens with one attached hydrogen (secondary N) is 1. The smallest absolute Gasteiger partial charge is 0.254 e. The minimum absolute atomic E-state index is 0. The van der Waals surface area contributed by atoms with Crippen LogP contribution >= 0.6 is 0 Å². The zero-order valence-electron chi connectivity index (χ0n) is 24.7. The number of amides is 1. The Morgan fingerprint density at radius 1 is 1.09 bits per heavy atom. The second kappa shape index (κ2) is 10.1. The number of imidazole rings is 1. The normalized spacial score (nSPS) is 21.3. The standard InChI is InChI=1S/C34H37N7O2.H2/c1-39-32-26(13-24(15-30(32)43-2)34(42)41-19-23-6-8-27(41)31(23)35)38-33(39)29-14-22-5-7-25(37-17-20-9-11-36-12-10-20)16-28(22)40(29)18-21-3-4-21;/h5,7,9-16,21,23,27,31,37H,3-4,6,8,17-19,35H2,1-2H3;1H/t23?,27?,31-;/m1./s1. The van der Waals surface area contributed by atoms with Crippen molar-refractivity contribution in [2.45, 2.75) is 50.9 Å². The summed E-state index contributed by atoms with van der Waals surface area (Å²) in [6.07, 6.45) is 8.24. The van der Waals surface area contributed by atoms with E-state index in [0.717, 1.165) is 60.7 Å². The van der Waals surface area contributed by atoms with Gasteiger partial charge >= 0.3 is 0 Å². The molecule has 1 aliphatic heterocycles. The maximum Gasteiger partial charge on any atom is 0.254 e. The average molecular weight is 578 g/mol. The number of aromatic nitrogens is 4. The Morgan fingerprint density at radius 2 is 1.93 bits per heavy atom. The maximum atomic E-state index is 13.7. The summed E-state index contributed by atoms with van der Waals surface area (Å²) in [5, 5.41) is 4.76. The van der Waals surface area contributed by atoms with Crippen LogP contribution in [0.5, 0.6) is 5.75 Å². The van der Waals surface area contributed by atoms with Crippen molar-refractivity contribution in [1.29, 1.82) is 0 Å². The molecule has 4 heterocycles. The molecule has 2 unspecified atom stereocenters. The van der Waals surface area contributed by atoms with Gasteiger partial charge in [0, 0.05) is 69.2 Å². The van der Waals surface area contributed by atoms with Crippen LogP contribution in [0.2, 0.25) is 0 Å². The number of rotatable bonds is 8. The number of nitrogens with two attached hydrogens (primary N) is 1. The lowest BCUT2D eigenvalue weighted by Crippen LogP contribution is -2.41. The van der Waals surface area contributed by atoms with E-state index in [9.17, 15) is 4.79 Å². The first kappa shape index (κ1) is 26.3. The van der Waals surface area contributed by atoms with E-state index in [1.165, 1.54) is 29.3 Å². The van der Waals surface area contributed by atoms with Crippen molar-refractivity contribution in [2.24, 2.45) is 24.6 Å². The number of carbonyl (C=O) groups is 1. The molecule has 43 heavy (non-hydrogen) atoms. The monoisotopic (exact) mass is 577 g/mol. The number of carbonyl (C=O) groups excluding carboxylic acids is 1. The minimum atomic E-state index is 0. The molecule has 3 aliphatic rings. The van der Waals surface area contributed by atoms with Crippen LogP contribution in [0.25, 0.3) is 33.5 Å². The summed E-state index contributed by atoms with van der Waals surface area (Å²) in [6, 6.07) is 16.9. The summed E-state index contributed by atoms with van der Waals surface area (Å²) in [6.45, 7) is 2.42. The van der Waals surface area contributed by atoms with Gasteiger partial charge in [-0.1, -0.05) is 6.07 Å². The number of pyridine rings is 1. The van der Waals surface area contributed by atoms with Gasteiger partial charge in [-0.05, 0) is 85.5 Å². The zero-order chi connectivity index (χ0) is 29.2. The molecule has 1 saturated heterocycles.